The molecule has 0 saturated carbocycles. The number of benzene rings is 2. The lowest BCUT2D eigenvalue weighted by Gasteiger charge is -2.09. The van der Waals surface area contributed by atoms with Gasteiger partial charge < -0.3 is 0 Å². The van der Waals surface area contributed by atoms with Crippen molar-refractivity contribution >= 4 is 57.5 Å². The lowest BCUT2D eigenvalue weighted by molar-refractivity contribution is -0.135. The average Bonchev–Trinajstić information content (AvgIpc) is 2.96. The number of rotatable bonds is 3. The maximum Gasteiger partial charge on any atom is 0.273 e. The second-order valence-corrected chi connectivity index (χ2v) is 8.66. The fourth-order valence-corrected chi connectivity index (χ4v) is 4.75. The number of hydrogen-bond donors (Lipinski definition) is 1. The Labute approximate surface area is 176 Å². The molecule has 2 amide bonds. The molecule has 1 aromatic heterocycles. The summed E-state index contributed by atoms with van der Waals surface area (Å²) in [5.41, 5.74) is 2.79. The third-order valence-corrected chi connectivity index (χ3v) is 6.27. The van der Waals surface area contributed by atoms with Gasteiger partial charge in [-0.15, -0.1) is 0 Å². The van der Waals surface area contributed by atoms with Gasteiger partial charge in [-0.05, 0) is 54.6 Å². The van der Waals surface area contributed by atoms with Crippen molar-refractivity contribution in [3.8, 4) is 0 Å². The predicted octanol–water partition coefficient (Wildman–Crippen LogP) is 5.09. The van der Waals surface area contributed by atoms with Gasteiger partial charge in [-0.1, -0.05) is 42.1 Å². The average molecular weight is 420 g/mol. The Morgan fingerprint density at radius 2 is 1.93 bits per heavy atom. The van der Waals surface area contributed by atoms with Crippen LogP contribution in [0.15, 0.2) is 69.4 Å². The number of fused-ring (bicyclic) bond motifs is 1. The Kier molecular flexibility index (Phi) is 5.25. The Morgan fingerprint density at radius 3 is 2.62 bits per heavy atom. The number of aryl methyl sites for hydroxylation is 1. The van der Waals surface area contributed by atoms with E-state index in [0.717, 1.165) is 48.6 Å². The standard InChI is InChI=1S/C22H17N3O2S2/c1-13-8-9-15-11-16(12-19-21(27)25(14(2)26)22(23)29-19)20(24-18(15)10-13)28-17-6-4-3-5-7-17/h3-12,23H,1-2H3. The number of carbonyl (C=O) groups excluding carboxylic acids is 2. The molecule has 0 atom stereocenters. The Balaban J connectivity index is 1.83. The quantitative estimate of drug-likeness (QED) is 0.599. The lowest BCUT2D eigenvalue weighted by Crippen LogP contribution is -2.32. The number of aromatic nitrogens is 1. The van der Waals surface area contributed by atoms with Crippen LogP contribution in [0, 0.1) is 12.3 Å². The highest BCUT2D eigenvalue weighted by molar-refractivity contribution is 8.18. The molecule has 5 nitrogen and oxygen atoms in total. The smallest absolute Gasteiger partial charge is 0.273 e. The van der Waals surface area contributed by atoms with Crippen molar-refractivity contribution in [3.05, 3.63) is 70.6 Å². The Morgan fingerprint density at radius 1 is 1.17 bits per heavy atom. The molecule has 144 valence electrons. The Hall–Kier alpha value is -2.90. The van der Waals surface area contributed by atoms with E-state index in [2.05, 4.69) is 0 Å². The third kappa shape index (κ3) is 3.97. The predicted molar refractivity (Wildman–Crippen MR) is 118 cm³/mol. The molecule has 7 heteroatoms. The topological polar surface area (TPSA) is 74.1 Å². The zero-order valence-electron chi connectivity index (χ0n) is 15.8. The molecule has 4 rings (SSSR count). The van der Waals surface area contributed by atoms with Crippen LogP contribution in [0.2, 0.25) is 0 Å². The molecule has 1 saturated heterocycles. The van der Waals surface area contributed by atoms with E-state index in [0.29, 0.717) is 4.91 Å². The van der Waals surface area contributed by atoms with Crippen LogP contribution in [0.3, 0.4) is 0 Å². The number of nitrogens with zero attached hydrogens (tertiary/aromatic N) is 2. The molecule has 1 N–H and O–H groups in total. The van der Waals surface area contributed by atoms with Gasteiger partial charge in [0.15, 0.2) is 5.17 Å². The highest BCUT2D eigenvalue weighted by Crippen LogP contribution is 2.36. The third-order valence-electron chi connectivity index (χ3n) is 4.35. The molecule has 0 spiro atoms. The van der Waals surface area contributed by atoms with E-state index >= 15 is 0 Å². The molecule has 3 aromatic rings. The van der Waals surface area contributed by atoms with Crippen LogP contribution >= 0.6 is 23.5 Å². The first-order chi connectivity index (χ1) is 13.9. The van der Waals surface area contributed by atoms with E-state index in [-0.39, 0.29) is 5.17 Å². The van der Waals surface area contributed by atoms with Gasteiger partial charge in [-0.25, -0.2) is 9.88 Å². The molecular weight excluding hydrogens is 402 g/mol. The number of nitrogens with one attached hydrogen (secondary N) is 1. The van der Waals surface area contributed by atoms with Gasteiger partial charge in [0.05, 0.1) is 10.4 Å². The van der Waals surface area contributed by atoms with Crippen molar-refractivity contribution in [1.82, 2.24) is 9.88 Å². The van der Waals surface area contributed by atoms with Crippen LogP contribution in [0.1, 0.15) is 18.1 Å². The van der Waals surface area contributed by atoms with Gasteiger partial charge >= 0.3 is 0 Å². The summed E-state index contributed by atoms with van der Waals surface area (Å²) < 4.78 is 0. The van der Waals surface area contributed by atoms with Crippen molar-refractivity contribution < 1.29 is 9.59 Å². The number of pyridine rings is 1. The first kappa shape index (κ1) is 19.4. The highest BCUT2D eigenvalue weighted by Gasteiger charge is 2.35. The van der Waals surface area contributed by atoms with Crippen molar-refractivity contribution in [3.63, 3.8) is 0 Å². The van der Waals surface area contributed by atoms with Crippen molar-refractivity contribution in [2.45, 2.75) is 23.8 Å². The van der Waals surface area contributed by atoms with Crippen LogP contribution in [-0.2, 0) is 9.59 Å². The molecular formula is C22H17N3O2S2. The van der Waals surface area contributed by atoms with Crippen molar-refractivity contribution in [2.24, 2.45) is 0 Å². The molecule has 2 aromatic carbocycles. The summed E-state index contributed by atoms with van der Waals surface area (Å²) in [6.45, 7) is 3.31. The number of amides is 2. The second-order valence-electron chi connectivity index (χ2n) is 6.57. The van der Waals surface area contributed by atoms with Gasteiger partial charge in [0, 0.05) is 22.8 Å². The maximum absolute atomic E-state index is 12.6. The first-order valence-corrected chi connectivity index (χ1v) is 10.5. The fourth-order valence-electron chi connectivity index (χ4n) is 2.98. The molecule has 0 radical (unpaired) electrons. The first-order valence-electron chi connectivity index (χ1n) is 8.90. The van der Waals surface area contributed by atoms with Gasteiger partial charge in [-0.3, -0.25) is 15.0 Å². The summed E-state index contributed by atoms with van der Waals surface area (Å²) in [4.78, 5) is 31.4. The van der Waals surface area contributed by atoms with E-state index in [4.69, 9.17) is 10.4 Å². The zero-order chi connectivity index (χ0) is 20.5. The second kappa shape index (κ2) is 7.85. The molecule has 1 fully saturated rings. The lowest BCUT2D eigenvalue weighted by atomic mass is 10.1. The van der Waals surface area contributed by atoms with Crippen LogP contribution in [0.25, 0.3) is 17.0 Å². The van der Waals surface area contributed by atoms with Crippen LogP contribution < -0.4 is 0 Å². The minimum atomic E-state index is -0.466. The molecule has 1 aliphatic rings. The SMILES string of the molecule is CC(=O)N1C(=N)SC(=Cc2cc3ccc(C)cc3nc2Sc2ccccc2)C1=O. The normalized spacial score (nSPS) is 15.5. The summed E-state index contributed by atoms with van der Waals surface area (Å²) in [5, 5.41) is 9.60. The summed E-state index contributed by atoms with van der Waals surface area (Å²) in [5.74, 6) is -0.922. The molecule has 0 unspecified atom stereocenters. The zero-order valence-corrected chi connectivity index (χ0v) is 17.4. The highest BCUT2D eigenvalue weighted by atomic mass is 32.2. The molecule has 1 aliphatic heterocycles. The number of thioether (sulfide) groups is 1. The Bertz CT molecular complexity index is 1190. The maximum atomic E-state index is 12.6. The number of amidine groups is 1. The summed E-state index contributed by atoms with van der Waals surface area (Å²) >= 11 is 2.51. The van der Waals surface area contributed by atoms with Gasteiger partial charge in [0.1, 0.15) is 5.03 Å². The fraction of sp³-hybridized carbons (Fsp3) is 0.0909. The van der Waals surface area contributed by atoms with Gasteiger partial charge in [0.2, 0.25) is 5.91 Å². The van der Waals surface area contributed by atoms with Crippen molar-refractivity contribution in [1.29, 1.82) is 5.41 Å². The van der Waals surface area contributed by atoms with E-state index in [1.165, 1.54) is 18.7 Å². The van der Waals surface area contributed by atoms with E-state index in [1.54, 1.807) is 6.08 Å². The van der Waals surface area contributed by atoms with Crippen molar-refractivity contribution in [2.75, 3.05) is 0 Å². The number of imide groups is 1. The minimum absolute atomic E-state index is 0.0737. The molecule has 0 bridgehead atoms. The van der Waals surface area contributed by atoms with Crippen LogP contribution in [-0.4, -0.2) is 26.9 Å². The van der Waals surface area contributed by atoms with E-state index in [1.807, 2.05) is 61.5 Å². The van der Waals surface area contributed by atoms with Crippen LogP contribution in [0.4, 0.5) is 0 Å². The number of hydrogen-bond acceptors (Lipinski definition) is 6. The molecule has 0 aliphatic carbocycles. The van der Waals surface area contributed by atoms with Gasteiger partial charge in [0.25, 0.3) is 5.91 Å². The summed E-state index contributed by atoms with van der Waals surface area (Å²) in [6.07, 6.45) is 1.72. The largest absolute Gasteiger partial charge is 0.278 e. The van der Waals surface area contributed by atoms with E-state index < -0.39 is 11.8 Å². The van der Waals surface area contributed by atoms with E-state index in [9.17, 15) is 9.59 Å². The monoisotopic (exact) mass is 419 g/mol. The summed E-state index contributed by atoms with van der Waals surface area (Å²) in [7, 11) is 0. The van der Waals surface area contributed by atoms with Gasteiger partial charge in [-0.2, -0.15) is 0 Å². The summed E-state index contributed by atoms with van der Waals surface area (Å²) in [6, 6.07) is 18.0. The number of carbonyl (C=O) groups is 2. The molecule has 29 heavy (non-hydrogen) atoms. The minimum Gasteiger partial charge on any atom is -0.278 e. The van der Waals surface area contributed by atoms with Crippen LogP contribution in [0.5, 0.6) is 0 Å². The molecule has 2 heterocycles.